The lowest BCUT2D eigenvalue weighted by molar-refractivity contribution is 0.0728. The van der Waals surface area contributed by atoms with Crippen LogP contribution in [0.25, 0.3) is 0 Å². The fourth-order valence-electron chi connectivity index (χ4n) is 2.81. The van der Waals surface area contributed by atoms with Crippen LogP contribution in [0, 0.1) is 11.6 Å². The van der Waals surface area contributed by atoms with Gasteiger partial charge in [-0.25, -0.2) is 13.8 Å². The van der Waals surface area contributed by atoms with Gasteiger partial charge in [0.1, 0.15) is 29.8 Å². The molecule has 3 rings (SSSR count). The van der Waals surface area contributed by atoms with Gasteiger partial charge in [-0.2, -0.15) is 0 Å². The van der Waals surface area contributed by atoms with E-state index in [9.17, 15) is 13.9 Å². The van der Waals surface area contributed by atoms with Crippen LogP contribution >= 0.6 is 0 Å². The van der Waals surface area contributed by atoms with E-state index in [1.165, 1.54) is 48.5 Å². The maximum atomic E-state index is 13.3. The fraction of sp³-hybridized carbons (Fsp3) is 0.211. The molecule has 0 aliphatic heterocycles. The number of hydrogen-bond acceptors (Lipinski definition) is 3. The van der Waals surface area contributed by atoms with Crippen LogP contribution in [0.5, 0.6) is 0 Å². The maximum Gasteiger partial charge on any atom is 0.123 e. The SMILES string of the molecule is COCn1ccnc1CC(O)(c1ccc(F)cc1)c1ccc(F)cc1. The minimum Gasteiger partial charge on any atom is -0.380 e. The van der Waals surface area contributed by atoms with E-state index in [0.29, 0.717) is 17.0 Å². The van der Waals surface area contributed by atoms with Gasteiger partial charge >= 0.3 is 0 Å². The molecule has 0 amide bonds. The van der Waals surface area contributed by atoms with Crippen molar-refractivity contribution in [2.24, 2.45) is 0 Å². The summed E-state index contributed by atoms with van der Waals surface area (Å²) < 4.78 is 33.5. The normalized spacial score (nSPS) is 11.7. The van der Waals surface area contributed by atoms with Crippen LogP contribution in [-0.2, 0) is 23.5 Å². The smallest absolute Gasteiger partial charge is 0.123 e. The molecule has 0 saturated carbocycles. The van der Waals surface area contributed by atoms with Crippen molar-refractivity contribution in [2.75, 3.05) is 7.11 Å². The first-order chi connectivity index (χ1) is 12.0. The van der Waals surface area contributed by atoms with E-state index in [4.69, 9.17) is 4.74 Å². The van der Waals surface area contributed by atoms with Crippen LogP contribution in [-0.4, -0.2) is 21.8 Å². The number of aliphatic hydroxyl groups is 1. The summed E-state index contributed by atoms with van der Waals surface area (Å²) in [4.78, 5) is 4.28. The van der Waals surface area contributed by atoms with Gasteiger partial charge in [-0.15, -0.1) is 0 Å². The largest absolute Gasteiger partial charge is 0.380 e. The molecule has 1 heterocycles. The Balaban J connectivity index is 2.06. The van der Waals surface area contributed by atoms with E-state index >= 15 is 0 Å². The van der Waals surface area contributed by atoms with Crippen molar-refractivity contribution in [2.45, 2.75) is 18.8 Å². The highest BCUT2D eigenvalue weighted by atomic mass is 19.1. The molecule has 0 spiro atoms. The van der Waals surface area contributed by atoms with Gasteiger partial charge < -0.3 is 14.4 Å². The molecule has 0 saturated heterocycles. The molecule has 1 aromatic heterocycles. The van der Waals surface area contributed by atoms with Gasteiger partial charge in [-0.3, -0.25) is 0 Å². The van der Waals surface area contributed by atoms with Crippen molar-refractivity contribution in [3.8, 4) is 0 Å². The topological polar surface area (TPSA) is 47.3 Å². The molecule has 0 aliphatic rings. The molecule has 25 heavy (non-hydrogen) atoms. The number of methoxy groups -OCH3 is 1. The predicted molar refractivity (Wildman–Crippen MR) is 88.7 cm³/mol. The van der Waals surface area contributed by atoms with Gasteiger partial charge in [-0.05, 0) is 35.4 Å². The fourth-order valence-corrected chi connectivity index (χ4v) is 2.81. The molecule has 0 atom stereocenters. The Bertz CT molecular complexity index is 784. The van der Waals surface area contributed by atoms with Crippen molar-refractivity contribution >= 4 is 0 Å². The summed E-state index contributed by atoms with van der Waals surface area (Å²) in [6, 6.07) is 11.2. The van der Waals surface area contributed by atoms with Crippen molar-refractivity contribution in [3.63, 3.8) is 0 Å². The third-order valence-corrected chi connectivity index (χ3v) is 4.13. The molecule has 1 N–H and O–H groups in total. The second-order valence-electron chi connectivity index (χ2n) is 5.78. The number of imidazole rings is 1. The molecular formula is C19H18F2N2O2. The molecule has 0 bridgehead atoms. The lowest BCUT2D eigenvalue weighted by Gasteiger charge is -2.29. The molecule has 0 fully saturated rings. The zero-order valence-electron chi connectivity index (χ0n) is 13.7. The number of hydrogen-bond donors (Lipinski definition) is 1. The maximum absolute atomic E-state index is 13.3. The Morgan fingerprint density at radius 2 is 1.52 bits per heavy atom. The Kier molecular flexibility index (Phi) is 4.92. The van der Waals surface area contributed by atoms with Crippen molar-refractivity contribution in [3.05, 3.63) is 89.5 Å². The number of aromatic nitrogens is 2. The minimum atomic E-state index is -1.49. The number of nitrogens with zero attached hydrogens (tertiary/aromatic N) is 2. The molecule has 0 aliphatic carbocycles. The number of benzene rings is 2. The van der Waals surface area contributed by atoms with E-state index in [1.54, 1.807) is 24.1 Å². The Morgan fingerprint density at radius 3 is 2.00 bits per heavy atom. The third-order valence-electron chi connectivity index (χ3n) is 4.13. The highest BCUT2D eigenvalue weighted by Gasteiger charge is 2.33. The molecule has 0 unspecified atom stereocenters. The summed E-state index contributed by atoms with van der Waals surface area (Å²) in [5.74, 6) is -0.199. The summed E-state index contributed by atoms with van der Waals surface area (Å²) in [6.07, 6.45) is 3.49. The summed E-state index contributed by atoms with van der Waals surface area (Å²) in [6.45, 7) is 0.290. The average Bonchev–Trinajstić information content (AvgIpc) is 3.03. The van der Waals surface area contributed by atoms with Gasteiger partial charge in [0.25, 0.3) is 0 Å². The molecular weight excluding hydrogens is 326 g/mol. The number of halogens is 2. The summed E-state index contributed by atoms with van der Waals surface area (Å²) >= 11 is 0. The van der Waals surface area contributed by atoms with Gasteiger partial charge in [0.2, 0.25) is 0 Å². The first-order valence-corrected chi connectivity index (χ1v) is 7.76. The molecule has 3 aromatic rings. The van der Waals surface area contributed by atoms with Gasteiger partial charge in [0, 0.05) is 25.9 Å². The van der Waals surface area contributed by atoms with Crippen LogP contribution in [0.4, 0.5) is 8.78 Å². The molecule has 130 valence electrons. The summed E-state index contributed by atoms with van der Waals surface area (Å²) in [7, 11) is 1.57. The average molecular weight is 344 g/mol. The highest BCUT2D eigenvalue weighted by molar-refractivity contribution is 5.37. The lowest BCUT2D eigenvalue weighted by Crippen LogP contribution is -2.31. The summed E-state index contributed by atoms with van der Waals surface area (Å²) in [5.41, 5.74) is -0.502. The highest BCUT2D eigenvalue weighted by Crippen LogP contribution is 2.33. The predicted octanol–water partition coefficient (Wildman–Crippen LogP) is 3.24. The monoisotopic (exact) mass is 344 g/mol. The standard InChI is InChI=1S/C19H18F2N2O2/c1-25-13-23-11-10-22-18(23)12-19(24,14-2-6-16(20)7-3-14)15-4-8-17(21)9-5-15/h2-11,24H,12-13H2,1H3. The Hall–Kier alpha value is -2.57. The van der Waals surface area contributed by atoms with Crippen molar-refractivity contribution < 1.29 is 18.6 Å². The zero-order chi connectivity index (χ0) is 17.9. The number of rotatable bonds is 6. The third kappa shape index (κ3) is 3.60. The minimum absolute atomic E-state index is 0.126. The Labute approximate surface area is 144 Å². The van der Waals surface area contributed by atoms with Crippen LogP contribution in [0.2, 0.25) is 0 Å². The quantitative estimate of drug-likeness (QED) is 0.747. The lowest BCUT2D eigenvalue weighted by atomic mass is 9.83. The van der Waals surface area contributed by atoms with Crippen LogP contribution in [0.3, 0.4) is 0 Å². The number of ether oxygens (including phenoxy) is 1. The Morgan fingerprint density at radius 1 is 1.00 bits per heavy atom. The molecule has 2 aromatic carbocycles. The van der Waals surface area contributed by atoms with E-state index in [1.807, 2.05) is 0 Å². The first-order valence-electron chi connectivity index (χ1n) is 7.76. The van der Waals surface area contributed by atoms with Gasteiger partial charge in [0.15, 0.2) is 0 Å². The molecule has 4 nitrogen and oxygen atoms in total. The van der Waals surface area contributed by atoms with Gasteiger partial charge in [0.05, 0.1) is 0 Å². The van der Waals surface area contributed by atoms with Crippen LogP contribution in [0.15, 0.2) is 60.9 Å². The zero-order valence-corrected chi connectivity index (χ0v) is 13.7. The van der Waals surface area contributed by atoms with E-state index in [-0.39, 0.29) is 13.2 Å². The van der Waals surface area contributed by atoms with E-state index in [0.717, 1.165) is 0 Å². The second kappa shape index (κ2) is 7.13. The van der Waals surface area contributed by atoms with E-state index in [2.05, 4.69) is 4.98 Å². The first kappa shape index (κ1) is 17.3. The van der Waals surface area contributed by atoms with Gasteiger partial charge in [-0.1, -0.05) is 24.3 Å². The van der Waals surface area contributed by atoms with Crippen molar-refractivity contribution in [1.29, 1.82) is 0 Å². The van der Waals surface area contributed by atoms with E-state index < -0.39 is 17.2 Å². The second-order valence-corrected chi connectivity index (χ2v) is 5.78. The molecule has 6 heteroatoms. The molecule has 0 radical (unpaired) electrons. The van der Waals surface area contributed by atoms with Crippen LogP contribution in [0.1, 0.15) is 17.0 Å². The van der Waals surface area contributed by atoms with Crippen molar-refractivity contribution in [1.82, 2.24) is 9.55 Å². The summed E-state index contributed by atoms with van der Waals surface area (Å²) in [5, 5.41) is 11.5. The van der Waals surface area contributed by atoms with Crippen LogP contribution < -0.4 is 0 Å².